The van der Waals surface area contributed by atoms with E-state index in [-0.39, 0.29) is 16.7 Å². The van der Waals surface area contributed by atoms with E-state index in [1.54, 1.807) is 46.8 Å². The van der Waals surface area contributed by atoms with Crippen molar-refractivity contribution in [3.05, 3.63) is 65.7 Å². The number of piperidine rings is 1. The van der Waals surface area contributed by atoms with Crippen LogP contribution in [0, 0.1) is 5.92 Å². The van der Waals surface area contributed by atoms with Crippen LogP contribution in [0.15, 0.2) is 59.5 Å². The molecule has 0 aliphatic carbocycles. The van der Waals surface area contributed by atoms with Gasteiger partial charge in [0.25, 0.3) is 0 Å². The van der Waals surface area contributed by atoms with E-state index in [9.17, 15) is 13.2 Å². The number of sulfonamides is 1. The summed E-state index contributed by atoms with van der Waals surface area (Å²) < 4.78 is 27.6. The highest BCUT2D eigenvalue weighted by molar-refractivity contribution is 7.89. The van der Waals surface area contributed by atoms with E-state index < -0.39 is 10.0 Å². The van der Waals surface area contributed by atoms with Crippen LogP contribution in [0.3, 0.4) is 0 Å². The smallest absolute Gasteiger partial charge is 0.243 e. The number of carbonyl (C=O) groups excluding carboxylic acids is 1. The standard InChI is InChI=1S/C19H20N2O3S/c22-19(15-5-2-1-3-6-15)16-7-4-8-18(10-16)25(23,24)21-12-14-9-17(13-21)20-11-14/h1-8,10,14,17,20H,9,11-13H2. The van der Waals surface area contributed by atoms with Crippen molar-refractivity contribution in [2.24, 2.45) is 5.92 Å². The SMILES string of the molecule is O=C(c1ccccc1)c1cccc(S(=O)(=O)N2CC3CNC(C3)C2)c1. The Balaban J connectivity index is 1.64. The minimum Gasteiger partial charge on any atom is -0.312 e. The predicted molar refractivity (Wildman–Crippen MR) is 95.0 cm³/mol. The molecule has 25 heavy (non-hydrogen) atoms. The number of carbonyl (C=O) groups is 1. The van der Waals surface area contributed by atoms with Crippen molar-refractivity contribution >= 4 is 15.8 Å². The topological polar surface area (TPSA) is 66.5 Å². The molecular weight excluding hydrogens is 336 g/mol. The van der Waals surface area contributed by atoms with Gasteiger partial charge in [-0.05, 0) is 31.0 Å². The largest absolute Gasteiger partial charge is 0.312 e. The molecule has 2 aliphatic heterocycles. The molecule has 2 unspecified atom stereocenters. The van der Waals surface area contributed by atoms with Crippen LogP contribution < -0.4 is 5.32 Å². The Kier molecular flexibility index (Phi) is 4.19. The normalized spacial score (nSPS) is 23.5. The summed E-state index contributed by atoms with van der Waals surface area (Å²) in [6.45, 7) is 1.92. The van der Waals surface area contributed by atoms with E-state index in [1.807, 2.05) is 6.07 Å². The summed E-state index contributed by atoms with van der Waals surface area (Å²) in [5.41, 5.74) is 0.947. The molecular formula is C19H20N2O3S. The number of fused-ring (bicyclic) bond motifs is 2. The summed E-state index contributed by atoms with van der Waals surface area (Å²) in [4.78, 5) is 12.8. The first-order valence-corrected chi connectivity index (χ1v) is 9.91. The zero-order valence-corrected chi connectivity index (χ0v) is 14.6. The molecule has 2 saturated heterocycles. The summed E-state index contributed by atoms with van der Waals surface area (Å²) >= 11 is 0. The lowest BCUT2D eigenvalue weighted by molar-refractivity contribution is 0.103. The molecule has 0 amide bonds. The number of nitrogens with zero attached hydrogens (tertiary/aromatic N) is 1. The van der Waals surface area contributed by atoms with Crippen molar-refractivity contribution < 1.29 is 13.2 Å². The van der Waals surface area contributed by atoms with Gasteiger partial charge in [0.15, 0.2) is 5.78 Å². The Hall–Kier alpha value is -2.02. The van der Waals surface area contributed by atoms with Gasteiger partial charge in [-0.2, -0.15) is 4.31 Å². The summed E-state index contributed by atoms with van der Waals surface area (Å²) in [6, 6.07) is 15.5. The maximum Gasteiger partial charge on any atom is 0.243 e. The highest BCUT2D eigenvalue weighted by atomic mass is 32.2. The van der Waals surface area contributed by atoms with E-state index in [0.717, 1.165) is 13.0 Å². The molecule has 0 saturated carbocycles. The molecule has 2 aliphatic rings. The predicted octanol–water partition coefficient (Wildman–Crippen LogP) is 1.90. The fourth-order valence-corrected chi connectivity index (χ4v) is 5.30. The highest BCUT2D eigenvalue weighted by Crippen LogP contribution is 2.27. The van der Waals surface area contributed by atoms with Gasteiger partial charge >= 0.3 is 0 Å². The number of hydrogen-bond donors (Lipinski definition) is 1. The Bertz CT molecular complexity index is 884. The molecule has 2 aromatic carbocycles. The Labute approximate surface area is 147 Å². The number of nitrogens with one attached hydrogen (secondary N) is 1. The number of ketones is 1. The average Bonchev–Trinajstić information content (AvgIpc) is 2.99. The molecule has 0 radical (unpaired) electrons. The summed E-state index contributed by atoms with van der Waals surface area (Å²) in [7, 11) is -3.58. The van der Waals surface area contributed by atoms with Crippen molar-refractivity contribution in [1.82, 2.24) is 9.62 Å². The van der Waals surface area contributed by atoms with Crippen LogP contribution in [-0.2, 0) is 10.0 Å². The average molecular weight is 356 g/mol. The van der Waals surface area contributed by atoms with E-state index in [2.05, 4.69) is 5.32 Å². The summed E-state index contributed by atoms with van der Waals surface area (Å²) in [6.07, 6.45) is 1.04. The highest BCUT2D eigenvalue weighted by Gasteiger charge is 2.38. The van der Waals surface area contributed by atoms with E-state index >= 15 is 0 Å². The Morgan fingerprint density at radius 2 is 1.76 bits per heavy atom. The first-order chi connectivity index (χ1) is 12.0. The van der Waals surface area contributed by atoms with E-state index in [1.165, 1.54) is 6.07 Å². The molecule has 2 aromatic rings. The van der Waals surface area contributed by atoms with Crippen LogP contribution >= 0.6 is 0 Å². The first-order valence-electron chi connectivity index (χ1n) is 8.47. The second-order valence-electron chi connectivity index (χ2n) is 6.75. The van der Waals surface area contributed by atoms with E-state index in [0.29, 0.717) is 30.1 Å². The van der Waals surface area contributed by atoms with Gasteiger partial charge in [-0.1, -0.05) is 42.5 Å². The second kappa shape index (κ2) is 6.37. The first kappa shape index (κ1) is 16.4. The van der Waals surface area contributed by atoms with Gasteiger partial charge in [0.05, 0.1) is 4.90 Å². The van der Waals surface area contributed by atoms with Gasteiger partial charge in [0.1, 0.15) is 0 Å². The maximum atomic E-state index is 13.0. The molecule has 2 atom stereocenters. The van der Waals surface area contributed by atoms with Crippen molar-refractivity contribution in [2.75, 3.05) is 19.6 Å². The van der Waals surface area contributed by atoms with Crippen molar-refractivity contribution in [2.45, 2.75) is 17.4 Å². The third kappa shape index (κ3) is 3.13. The van der Waals surface area contributed by atoms with Crippen LogP contribution in [0.2, 0.25) is 0 Å². The molecule has 2 heterocycles. The van der Waals surface area contributed by atoms with E-state index in [4.69, 9.17) is 0 Å². The second-order valence-corrected chi connectivity index (χ2v) is 8.69. The third-order valence-electron chi connectivity index (χ3n) is 4.97. The van der Waals surface area contributed by atoms with Gasteiger partial charge in [-0.25, -0.2) is 8.42 Å². The van der Waals surface area contributed by atoms with Crippen LogP contribution in [0.25, 0.3) is 0 Å². The fraction of sp³-hybridized carbons (Fsp3) is 0.316. The minimum absolute atomic E-state index is 0.168. The number of hydrogen-bond acceptors (Lipinski definition) is 4. The van der Waals surface area contributed by atoms with Crippen molar-refractivity contribution in [3.63, 3.8) is 0 Å². The van der Waals surface area contributed by atoms with Gasteiger partial charge in [0.2, 0.25) is 10.0 Å². The lowest BCUT2D eigenvalue weighted by Crippen LogP contribution is -2.44. The fourth-order valence-electron chi connectivity index (χ4n) is 3.69. The zero-order valence-electron chi connectivity index (χ0n) is 13.8. The van der Waals surface area contributed by atoms with Crippen LogP contribution in [0.4, 0.5) is 0 Å². The number of rotatable bonds is 4. The lowest BCUT2D eigenvalue weighted by Gasteiger charge is -2.30. The maximum absolute atomic E-state index is 13.0. The van der Waals surface area contributed by atoms with Gasteiger partial charge < -0.3 is 5.32 Å². The Morgan fingerprint density at radius 3 is 2.52 bits per heavy atom. The zero-order chi connectivity index (χ0) is 17.4. The van der Waals surface area contributed by atoms with Crippen molar-refractivity contribution in [1.29, 1.82) is 0 Å². The monoisotopic (exact) mass is 356 g/mol. The Morgan fingerprint density at radius 1 is 1.00 bits per heavy atom. The molecule has 130 valence electrons. The third-order valence-corrected chi connectivity index (χ3v) is 6.80. The van der Waals surface area contributed by atoms with Crippen LogP contribution in [-0.4, -0.2) is 44.2 Å². The molecule has 2 fully saturated rings. The van der Waals surface area contributed by atoms with Crippen LogP contribution in [0.5, 0.6) is 0 Å². The van der Waals surface area contributed by atoms with Gasteiger partial charge in [-0.3, -0.25) is 4.79 Å². The van der Waals surface area contributed by atoms with Crippen molar-refractivity contribution in [3.8, 4) is 0 Å². The molecule has 2 bridgehead atoms. The quantitative estimate of drug-likeness (QED) is 0.850. The van der Waals surface area contributed by atoms with Gasteiger partial charge in [0, 0.05) is 30.3 Å². The molecule has 4 rings (SSSR count). The molecule has 5 nitrogen and oxygen atoms in total. The summed E-state index contributed by atoms with van der Waals surface area (Å²) in [5, 5.41) is 3.36. The number of benzene rings is 2. The molecule has 0 aromatic heterocycles. The van der Waals surface area contributed by atoms with Gasteiger partial charge in [-0.15, -0.1) is 0 Å². The minimum atomic E-state index is -3.58. The molecule has 0 spiro atoms. The van der Waals surface area contributed by atoms with Crippen LogP contribution in [0.1, 0.15) is 22.3 Å². The summed E-state index contributed by atoms with van der Waals surface area (Å²) in [5.74, 6) is 0.209. The molecule has 6 heteroatoms. The molecule has 1 N–H and O–H groups in total. The lowest BCUT2D eigenvalue weighted by atomic mass is 10.0.